The lowest BCUT2D eigenvalue weighted by atomic mass is 10.4. The first kappa shape index (κ1) is 7.95. The summed E-state index contributed by atoms with van der Waals surface area (Å²) in [4.78, 5) is 10.8. The summed E-state index contributed by atoms with van der Waals surface area (Å²) in [6, 6.07) is 0. The molecule has 11 heavy (non-hydrogen) atoms. The van der Waals surface area contributed by atoms with Gasteiger partial charge in [-0.25, -0.2) is 9.89 Å². The van der Waals surface area contributed by atoms with Crippen molar-refractivity contribution in [2.24, 2.45) is 7.05 Å². The minimum absolute atomic E-state index is 0.283. The van der Waals surface area contributed by atoms with E-state index in [1.54, 1.807) is 7.05 Å². The van der Waals surface area contributed by atoms with E-state index >= 15 is 0 Å². The highest BCUT2D eigenvalue weighted by molar-refractivity contribution is 7.80. The first-order valence-corrected chi connectivity index (χ1v) is 3.44. The summed E-state index contributed by atoms with van der Waals surface area (Å²) in [7, 11) is 1.59. The number of rotatable bonds is 1. The smallest absolute Gasteiger partial charge is 0.280 e. The molecule has 1 aromatic heterocycles. The van der Waals surface area contributed by atoms with E-state index in [4.69, 9.17) is 6.42 Å². The zero-order chi connectivity index (χ0) is 8.43. The van der Waals surface area contributed by atoms with Crippen LogP contribution in [0.25, 0.3) is 0 Å². The minimum atomic E-state index is -0.432. The molecule has 58 valence electrons. The molecule has 0 radical (unpaired) electrons. The molecule has 1 unspecified atom stereocenters. The van der Waals surface area contributed by atoms with Crippen molar-refractivity contribution in [3.05, 3.63) is 16.3 Å². The summed E-state index contributed by atoms with van der Waals surface area (Å²) < 4.78 is 1.33. The van der Waals surface area contributed by atoms with Gasteiger partial charge in [0.2, 0.25) is 0 Å². The van der Waals surface area contributed by atoms with Gasteiger partial charge in [0.05, 0.1) is 0 Å². The predicted octanol–water partition coefficient (Wildman–Crippen LogP) is -0.288. The Labute approximate surface area is 69.0 Å². The van der Waals surface area contributed by atoms with Gasteiger partial charge >= 0.3 is 5.69 Å². The molecule has 0 aliphatic rings. The van der Waals surface area contributed by atoms with Crippen LogP contribution in [-0.2, 0) is 7.05 Å². The van der Waals surface area contributed by atoms with E-state index in [1.165, 1.54) is 4.57 Å². The average molecular weight is 169 g/mol. The maximum absolute atomic E-state index is 10.8. The van der Waals surface area contributed by atoms with Gasteiger partial charge in [0.25, 0.3) is 0 Å². The monoisotopic (exact) mass is 169 g/mol. The Morgan fingerprint density at radius 1 is 1.91 bits per heavy atom. The first-order chi connectivity index (χ1) is 5.16. The second kappa shape index (κ2) is 2.84. The van der Waals surface area contributed by atoms with Gasteiger partial charge in [-0.3, -0.25) is 4.57 Å². The molecule has 0 spiro atoms. The number of thiol groups is 1. The molecule has 1 rings (SSSR count). The fourth-order valence-electron chi connectivity index (χ4n) is 0.678. The van der Waals surface area contributed by atoms with Crippen LogP contribution in [0.1, 0.15) is 11.1 Å². The fourth-order valence-corrected chi connectivity index (χ4v) is 0.909. The van der Waals surface area contributed by atoms with Crippen LogP contribution in [0.5, 0.6) is 0 Å². The number of terminal acetylenes is 1. The number of hydrogen-bond donors (Lipinski definition) is 2. The summed E-state index contributed by atoms with van der Waals surface area (Å²) >= 11 is 4.02. The first-order valence-electron chi connectivity index (χ1n) is 2.92. The molecule has 1 atom stereocenters. The third-order valence-corrected chi connectivity index (χ3v) is 1.70. The van der Waals surface area contributed by atoms with E-state index in [1.807, 2.05) is 0 Å². The van der Waals surface area contributed by atoms with Crippen LogP contribution >= 0.6 is 12.6 Å². The molecular formula is C6H7N3OS. The highest BCUT2D eigenvalue weighted by Gasteiger charge is 2.09. The van der Waals surface area contributed by atoms with Gasteiger partial charge in [-0.1, -0.05) is 5.92 Å². The van der Waals surface area contributed by atoms with Crippen molar-refractivity contribution >= 4 is 12.6 Å². The molecule has 1 aromatic rings. The van der Waals surface area contributed by atoms with Gasteiger partial charge in [-0.2, -0.15) is 17.7 Å². The summed E-state index contributed by atoms with van der Waals surface area (Å²) in [6.07, 6.45) is 5.09. The zero-order valence-corrected chi connectivity index (χ0v) is 6.80. The number of hydrogen-bond acceptors (Lipinski definition) is 3. The van der Waals surface area contributed by atoms with Crippen molar-refractivity contribution in [3.63, 3.8) is 0 Å². The van der Waals surface area contributed by atoms with Crippen LogP contribution < -0.4 is 5.69 Å². The van der Waals surface area contributed by atoms with Gasteiger partial charge in [0.1, 0.15) is 5.25 Å². The topological polar surface area (TPSA) is 50.7 Å². The Morgan fingerprint density at radius 2 is 2.55 bits per heavy atom. The standard InChI is InChI=1S/C6H7N3OS/c1-3-4(11)5-7-8-6(10)9(5)2/h1,4,11H,2H3,(H,8,10). The molecule has 4 nitrogen and oxygen atoms in total. The van der Waals surface area contributed by atoms with Gasteiger partial charge in [-0.15, -0.1) is 6.42 Å². The number of nitrogens with one attached hydrogen (secondary N) is 1. The molecule has 1 N–H and O–H groups in total. The highest BCUT2D eigenvalue weighted by atomic mass is 32.1. The van der Waals surface area contributed by atoms with E-state index < -0.39 is 5.25 Å². The third-order valence-electron chi connectivity index (χ3n) is 1.32. The summed E-state index contributed by atoms with van der Waals surface area (Å²) in [5.41, 5.74) is -0.283. The Hall–Kier alpha value is -1.15. The molecule has 5 heteroatoms. The van der Waals surface area contributed by atoms with Crippen LogP contribution in [-0.4, -0.2) is 14.8 Å². The predicted molar refractivity (Wildman–Crippen MR) is 44.4 cm³/mol. The molecule has 0 saturated heterocycles. The molecule has 0 bridgehead atoms. The van der Waals surface area contributed by atoms with E-state index in [9.17, 15) is 4.79 Å². The lowest BCUT2D eigenvalue weighted by molar-refractivity contribution is 0.804. The molecule has 0 saturated carbocycles. The molecule has 0 aromatic carbocycles. The Kier molecular flexibility index (Phi) is 2.06. The highest BCUT2D eigenvalue weighted by Crippen LogP contribution is 2.12. The van der Waals surface area contributed by atoms with Crippen LogP contribution in [0, 0.1) is 12.3 Å². The molecular weight excluding hydrogens is 162 g/mol. The number of aromatic amines is 1. The van der Waals surface area contributed by atoms with Crippen LogP contribution in [0.15, 0.2) is 4.79 Å². The average Bonchev–Trinajstić information content (AvgIpc) is 2.32. The van der Waals surface area contributed by atoms with Crippen molar-refractivity contribution in [1.82, 2.24) is 14.8 Å². The van der Waals surface area contributed by atoms with E-state index in [0.29, 0.717) is 5.82 Å². The Bertz CT molecular complexity index is 345. The Morgan fingerprint density at radius 3 is 2.91 bits per heavy atom. The third kappa shape index (κ3) is 1.30. The fraction of sp³-hybridized carbons (Fsp3) is 0.333. The van der Waals surface area contributed by atoms with Crippen molar-refractivity contribution in [2.75, 3.05) is 0 Å². The molecule has 0 aliphatic heterocycles. The SMILES string of the molecule is C#CC(S)c1n[nH]c(=O)n1C. The molecule has 1 heterocycles. The van der Waals surface area contributed by atoms with Crippen LogP contribution in [0.3, 0.4) is 0 Å². The summed E-state index contributed by atoms with van der Waals surface area (Å²) in [5.74, 6) is 2.82. The second-order valence-corrected chi connectivity index (χ2v) is 2.53. The minimum Gasteiger partial charge on any atom is -0.280 e. The summed E-state index contributed by atoms with van der Waals surface area (Å²) in [5, 5.41) is 5.53. The quantitative estimate of drug-likeness (QED) is 0.448. The van der Waals surface area contributed by atoms with E-state index in [2.05, 4.69) is 28.7 Å². The Balaban J connectivity index is 3.17. The van der Waals surface area contributed by atoms with Crippen molar-refractivity contribution in [2.45, 2.75) is 5.25 Å². The lowest BCUT2D eigenvalue weighted by Gasteiger charge is -1.98. The van der Waals surface area contributed by atoms with E-state index in [0.717, 1.165) is 0 Å². The van der Waals surface area contributed by atoms with Gasteiger partial charge < -0.3 is 0 Å². The normalized spacial score (nSPS) is 12.5. The van der Waals surface area contributed by atoms with E-state index in [-0.39, 0.29) is 5.69 Å². The zero-order valence-electron chi connectivity index (χ0n) is 5.90. The van der Waals surface area contributed by atoms with Crippen molar-refractivity contribution in [3.8, 4) is 12.3 Å². The van der Waals surface area contributed by atoms with Crippen molar-refractivity contribution < 1.29 is 0 Å². The summed E-state index contributed by atoms with van der Waals surface area (Å²) in [6.45, 7) is 0. The van der Waals surface area contributed by atoms with Crippen molar-refractivity contribution in [1.29, 1.82) is 0 Å². The molecule has 0 amide bonds. The maximum Gasteiger partial charge on any atom is 0.343 e. The van der Waals surface area contributed by atoms with Gasteiger partial charge in [0, 0.05) is 7.05 Å². The van der Waals surface area contributed by atoms with Crippen LogP contribution in [0.2, 0.25) is 0 Å². The molecule has 0 aliphatic carbocycles. The number of nitrogens with zero attached hydrogens (tertiary/aromatic N) is 2. The maximum atomic E-state index is 10.8. The molecule has 0 fully saturated rings. The van der Waals surface area contributed by atoms with Crippen LogP contribution in [0.4, 0.5) is 0 Å². The lowest BCUT2D eigenvalue weighted by Crippen LogP contribution is -2.14. The number of aromatic nitrogens is 3. The number of H-pyrrole nitrogens is 1. The second-order valence-electron chi connectivity index (χ2n) is 2.02. The largest absolute Gasteiger partial charge is 0.343 e. The van der Waals surface area contributed by atoms with Gasteiger partial charge in [-0.05, 0) is 0 Å². The van der Waals surface area contributed by atoms with Gasteiger partial charge in [0.15, 0.2) is 5.82 Å².